The second-order valence-corrected chi connectivity index (χ2v) is 4.98. The maximum atomic E-state index is 11.6. The Morgan fingerprint density at radius 2 is 2.41 bits per heavy atom. The average molecular weight is 249 g/mol. The largest absolute Gasteiger partial charge is 0.299 e. The highest BCUT2D eigenvalue weighted by Gasteiger charge is 2.27. The van der Waals surface area contributed by atoms with Crippen molar-refractivity contribution in [2.75, 3.05) is 5.32 Å². The minimum Gasteiger partial charge on any atom is -0.299 e. The number of hydrogen-bond donors (Lipinski definition) is 1. The van der Waals surface area contributed by atoms with Crippen LogP contribution in [0.4, 0.5) is 5.13 Å². The number of nitrogens with zero attached hydrogens (tertiary/aromatic N) is 4. The third kappa shape index (κ3) is 2.50. The molecule has 1 amide bonds. The van der Waals surface area contributed by atoms with E-state index in [0.29, 0.717) is 11.0 Å². The van der Waals surface area contributed by atoms with Crippen molar-refractivity contribution in [1.29, 1.82) is 0 Å². The Bertz CT molecular complexity index is 517. The fourth-order valence-corrected chi connectivity index (χ4v) is 2.41. The third-order valence-electron chi connectivity index (χ3n) is 2.48. The Balaban J connectivity index is 1.59. The highest BCUT2D eigenvalue weighted by atomic mass is 32.1. The quantitative estimate of drug-likeness (QED) is 0.885. The number of anilines is 1. The van der Waals surface area contributed by atoms with Crippen LogP contribution in [0.5, 0.6) is 0 Å². The summed E-state index contributed by atoms with van der Waals surface area (Å²) in [5.41, 5.74) is 0. The predicted octanol–water partition coefficient (Wildman–Crippen LogP) is 1.25. The van der Waals surface area contributed by atoms with Crippen molar-refractivity contribution in [3.8, 4) is 0 Å². The standard InChI is InChI=1S/C10H11N5OS/c16-8(6-15-5-1-4-11-15)12-10-14-13-9(17-10)7-2-3-7/h1,4-5,7H,2-3,6H2,(H,12,14,16). The van der Waals surface area contributed by atoms with Crippen molar-refractivity contribution < 1.29 is 4.79 Å². The zero-order valence-electron chi connectivity index (χ0n) is 9.04. The molecule has 3 rings (SSSR count). The lowest BCUT2D eigenvalue weighted by atomic mass is 10.5. The van der Waals surface area contributed by atoms with Gasteiger partial charge in [0.25, 0.3) is 0 Å². The lowest BCUT2D eigenvalue weighted by Gasteiger charge is -2.00. The molecule has 0 spiro atoms. The van der Waals surface area contributed by atoms with E-state index < -0.39 is 0 Å². The first-order valence-electron chi connectivity index (χ1n) is 5.42. The van der Waals surface area contributed by atoms with Crippen molar-refractivity contribution in [3.05, 3.63) is 23.5 Å². The van der Waals surface area contributed by atoms with E-state index in [1.165, 1.54) is 24.2 Å². The molecule has 0 saturated heterocycles. The second kappa shape index (κ2) is 4.25. The summed E-state index contributed by atoms with van der Waals surface area (Å²) in [7, 11) is 0. The summed E-state index contributed by atoms with van der Waals surface area (Å²) in [4.78, 5) is 11.6. The lowest BCUT2D eigenvalue weighted by Crippen LogP contribution is -2.18. The van der Waals surface area contributed by atoms with Crippen LogP contribution in [-0.2, 0) is 11.3 Å². The van der Waals surface area contributed by atoms with Crippen molar-refractivity contribution in [2.24, 2.45) is 0 Å². The summed E-state index contributed by atoms with van der Waals surface area (Å²) in [6, 6.07) is 1.78. The summed E-state index contributed by atoms with van der Waals surface area (Å²) < 4.78 is 1.57. The van der Waals surface area contributed by atoms with E-state index in [-0.39, 0.29) is 12.5 Å². The number of rotatable bonds is 4. The number of carbonyl (C=O) groups excluding carboxylic acids is 1. The van der Waals surface area contributed by atoms with Crippen LogP contribution >= 0.6 is 11.3 Å². The molecule has 0 unspecified atom stereocenters. The molecule has 0 radical (unpaired) electrons. The van der Waals surface area contributed by atoms with Gasteiger partial charge in [-0.1, -0.05) is 11.3 Å². The molecule has 17 heavy (non-hydrogen) atoms. The first-order valence-corrected chi connectivity index (χ1v) is 6.23. The van der Waals surface area contributed by atoms with Crippen LogP contribution in [0.1, 0.15) is 23.8 Å². The van der Waals surface area contributed by atoms with Crippen LogP contribution in [0.25, 0.3) is 0 Å². The zero-order valence-corrected chi connectivity index (χ0v) is 9.85. The summed E-state index contributed by atoms with van der Waals surface area (Å²) >= 11 is 1.46. The molecule has 7 heteroatoms. The molecule has 6 nitrogen and oxygen atoms in total. The molecule has 88 valence electrons. The van der Waals surface area contributed by atoms with Gasteiger partial charge in [-0.05, 0) is 18.9 Å². The maximum Gasteiger partial charge on any atom is 0.247 e. The van der Waals surface area contributed by atoms with Gasteiger partial charge in [-0.2, -0.15) is 5.10 Å². The first-order chi connectivity index (χ1) is 8.31. The number of hydrogen-bond acceptors (Lipinski definition) is 5. The predicted molar refractivity (Wildman–Crippen MR) is 62.7 cm³/mol. The van der Waals surface area contributed by atoms with Gasteiger partial charge in [-0.3, -0.25) is 14.8 Å². The summed E-state index contributed by atoms with van der Waals surface area (Å²) in [6.45, 7) is 0.200. The van der Waals surface area contributed by atoms with E-state index >= 15 is 0 Å². The molecule has 0 aromatic carbocycles. The normalized spacial score (nSPS) is 14.8. The summed E-state index contributed by atoms with van der Waals surface area (Å²) in [5.74, 6) is 0.441. The molecule has 1 fully saturated rings. The SMILES string of the molecule is O=C(Cn1cccn1)Nc1nnc(C2CC2)s1. The molecule has 1 aliphatic rings. The third-order valence-corrected chi connectivity index (χ3v) is 3.48. The Morgan fingerprint density at radius 1 is 1.53 bits per heavy atom. The van der Waals surface area contributed by atoms with Crippen LogP contribution in [0.15, 0.2) is 18.5 Å². The van der Waals surface area contributed by atoms with Gasteiger partial charge in [0.2, 0.25) is 11.0 Å². The zero-order chi connectivity index (χ0) is 11.7. The number of aromatic nitrogens is 4. The van der Waals surface area contributed by atoms with Gasteiger partial charge in [0, 0.05) is 18.3 Å². The van der Waals surface area contributed by atoms with Crippen molar-refractivity contribution in [2.45, 2.75) is 25.3 Å². The van der Waals surface area contributed by atoms with Gasteiger partial charge >= 0.3 is 0 Å². The average Bonchev–Trinajstić information content (AvgIpc) is 2.84. The summed E-state index contributed by atoms with van der Waals surface area (Å²) in [6.07, 6.45) is 5.77. The van der Waals surface area contributed by atoms with E-state index in [9.17, 15) is 4.79 Å². The van der Waals surface area contributed by atoms with E-state index in [0.717, 1.165) is 5.01 Å². The molecule has 2 heterocycles. The summed E-state index contributed by atoms with van der Waals surface area (Å²) in [5, 5.41) is 16.3. The molecule has 0 atom stereocenters. The molecular weight excluding hydrogens is 238 g/mol. The molecular formula is C10H11N5OS. The molecule has 1 saturated carbocycles. The Labute approximate surface area is 102 Å². The van der Waals surface area contributed by atoms with E-state index in [1.54, 1.807) is 23.1 Å². The fraction of sp³-hybridized carbons (Fsp3) is 0.400. The highest BCUT2D eigenvalue weighted by Crippen LogP contribution is 2.41. The molecule has 0 bridgehead atoms. The van der Waals surface area contributed by atoms with Gasteiger partial charge < -0.3 is 0 Å². The van der Waals surface area contributed by atoms with Gasteiger partial charge in [-0.25, -0.2) is 0 Å². The first kappa shape index (κ1) is 10.4. The number of amides is 1. The molecule has 0 aliphatic heterocycles. The van der Waals surface area contributed by atoms with Crippen LogP contribution in [-0.4, -0.2) is 25.9 Å². The van der Waals surface area contributed by atoms with Gasteiger partial charge in [0.1, 0.15) is 11.6 Å². The fourth-order valence-electron chi connectivity index (χ4n) is 1.48. The topological polar surface area (TPSA) is 72.7 Å². The highest BCUT2D eigenvalue weighted by molar-refractivity contribution is 7.15. The van der Waals surface area contributed by atoms with Gasteiger partial charge in [0.05, 0.1) is 0 Å². The smallest absolute Gasteiger partial charge is 0.247 e. The van der Waals surface area contributed by atoms with Crippen molar-refractivity contribution in [3.63, 3.8) is 0 Å². The Morgan fingerprint density at radius 3 is 3.12 bits per heavy atom. The van der Waals surface area contributed by atoms with E-state index in [1.807, 2.05) is 0 Å². The maximum absolute atomic E-state index is 11.6. The number of nitrogens with one attached hydrogen (secondary N) is 1. The monoisotopic (exact) mass is 249 g/mol. The lowest BCUT2D eigenvalue weighted by molar-refractivity contribution is -0.116. The minimum atomic E-state index is -0.132. The van der Waals surface area contributed by atoms with Crippen molar-refractivity contribution >= 4 is 22.4 Å². The van der Waals surface area contributed by atoms with Gasteiger partial charge in [0.15, 0.2) is 0 Å². The van der Waals surface area contributed by atoms with Crippen LogP contribution in [0, 0.1) is 0 Å². The van der Waals surface area contributed by atoms with Gasteiger partial charge in [-0.15, -0.1) is 10.2 Å². The molecule has 2 aromatic rings. The van der Waals surface area contributed by atoms with Crippen LogP contribution in [0.2, 0.25) is 0 Å². The van der Waals surface area contributed by atoms with Crippen molar-refractivity contribution in [1.82, 2.24) is 20.0 Å². The Kier molecular flexibility index (Phi) is 2.60. The molecule has 1 aliphatic carbocycles. The van der Waals surface area contributed by atoms with Crippen LogP contribution in [0.3, 0.4) is 0 Å². The van der Waals surface area contributed by atoms with Crippen LogP contribution < -0.4 is 5.32 Å². The Hall–Kier alpha value is -1.76. The second-order valence-electron chi connectivity index (χ2n) is 3.97. The van der Waals surface area contributed by atoms with E-state index in [4.69, 9.17) is 0 Å². The molecule has 1 N–H and O–H groups in total. The van der Waals surface area contributed by atoms with E-state index in [2.05, 4.69) is 20.6 Å². The molecule has 2 aromatic heterocycles. The minimum absolute atomic E-state index is 0.132. The number of carbonyl (C=O) groups is 1.